The minimum atomic E-state index is -3.79. The summed E-state index contributed by atoms with van der Waals surface area (Å²) in [5, 5.41) is 14.7. The van der Waals surface area contributed by atoms with E-state index >= 15 is 0 Å². The molecule has 0 bridgehead atoms. The first-order valence-electron chi connectivity index (χ1n) is 10.1. The van der Waals surface area contributed by atoms with Gasteiger partial charge in [0, 0.05) is 29.5 Å². The monoisotopic (exact) mass is 479 g/mol. The molecule has 0 aromatic heterocycles. The van der Waals surface area contributed by atoms with E-state index in [1.165, 1.54) is 23.9 Å². The number of hydrogen-bond acceptors (Lipinski definition) is 6. The van der Waals surface area contributed by atoms with Crippen LogP contribution < -0.4 is 14.8 Å². The number of hydrogen-bond donors (Lipinski definition) is 1. The summed E-state index contributed by atoms with van der Waals surface area (Å²) in [6.45, 7) is 0.457. The summed E-state index contributed by atoms with van der Waals surface area (Å²) in [6.07, 6.45) is 0.321. The highest BCUT2D eigenvalue weighted by Crippen LogP contribution is 2.39. The number of carbonyl (C=O) groups is 1. The number of anilines is 1. The van der Waals surface area contributed by atoms with Crippen molar-refractivity contribution in [1.29, 1.82) is 5.26 Å². The van der Waals surface area contributed by atoms with Crippen molar-refractivity contribution in [3.63, 3.8) is 0 Å². The normalized spacial score (nSPS) is 16.0. The highest BCUT2D eigenvalue weighted by molar-refractivity contribution is 7.99. The molecule has 1 unspecified atom stereocenters. The first kappa shape index (κ1) is 22.9. The SMILES string of the molecule is COc1ccccc1Sc1cc(C2CC(=O)N(c3ccc(S(N)(=O)=O)cc3)C2)ccc1C#N. The van der Waals surface area contributed by atoms with E-state index in [1.54, 1.807) is 30.2 Å². The second kappa shape index (κ2) is 9.27. The van der Waals surface area contributed by atoms with Crippen molar-refractivity contribution < 1.29 is 17.9 Å². The number of para-hydroxylation sites is 1. The van der Waals surface area contributed by atoms with Gasteiger partial charge in [0.1, 0.15) is 11.8 Å². The van der Waals surface area contributed by atoms with Crippen LogP contribution in [0.3, 0.4) is 0 Å². The van der Waals surface area contributed by atoms with Gasteiger partial charge in [0.2, 0.25) is 15.9 Å². The molecule has 1 amide bonds. The maximum atomic E-state index is 12.7. The Morgan fingerprint density at radius 3 is 2.48 bits per heavy atom. The highest BCUT2D eigenvalue weighted by Gasteiger charge is 2.32. The fourth-order valence-corrected chi connectivity index (χ4v) is 5.36. The van der Waals surface area contributed by atoms with Crippen LogP contribution >= 0.6 is 11.8 Å². The summed E-state index contributed by atoms with van der Waals surface area (Å²) in [5.74, 6) is 0.619. The third kappa shape index (κ3) is 4.88. The molecule has 0 radical (unpaired) electrons. The fraction of sp³-hybridized carbons (Fsp3) is 0.167. The molecule has 33 heavy (non-hydrogen) atoms. The van der Waals surface area contributed by atoms with Crippen molar-refractivity contribution >= 4 is 33.4 Å². The molecule has 1 aliphatic heterocycles. The van der Waals surface area contributed by atoms with Crippen LogP contribution in [-0.2, 0) is 14.8 Å². The van der Waals surface area contributed by atoms with E-state index in [1.807, 2.05) is 36.4 Å². The van der Waals surface area contributed by atoms with Gasteiger partial charge < -0.3 is 9.64 Å². The van der Waals surface area contributed by atoms with Crippen LogP contribution in [0.1, 0.15) is 23.5 Å². The number of nitriles is 1. The number of rotatable bonds is 6. The van der Waals surface area contributed by atoms with Crippen molar-refractivity contribution in [2.24, 2.45) is 5.14 Å². The Bertz CT molecular complexity index is 1350. The lowest BCUT2D eigenvalue weighted by molar-refractivity contribution is -0.117. The van der Waals surface area contributed by atoms with Crippen LogP contribution in [0, 0.1) is 11.3 Å². The standard InChI is InChI=1S/C24H21N3O4S2/c1-31-21-4-2-3-5-22(21)32-23-12-16(6-7-17(23)14-25)18-13-24(28)27(15-18)19-8-10-20(11-9-19)33(26,29)30/h2-12,18H,13,15H2,1H3,(H2,26,29,30). The van der Waals surface area contributed by atoms with E-state index in [4.69, 9.17) is 9.88 Å². The van der Waals surface area contributed by atoms with Gasteiger partial charge in [0.05, 0.1) is 22.5 Å². The number of carbonyl (C=O) groups excluding carboxylic acids is 1. The van der Waals surface area contributed by atoms with Gasteiger partial charge in [-0.05, 0) is 54.1 Å². The van der Waals surface area contributed by atoms with Gasteiger partial charge in [-0.1, -0.05) is 30.0 Å². The molecule has 1 fully saturated rings. The molecule has 3 aromatic rings. The molecule has 4 rings (SSSR count). The van der Waals surface area contributed by atoms with Gasteiger partial charge in [-0.15, -0.1) is 0 Å². The van der Waals surface area contributed by atoms with Crippen LogP contribution in [0.2, 0.25) is 0 Å². The minimum absolute atomic E-state index is 0.000421. The molecule has 9 heteroatoms. The Balaban J connectivity index is 1.59. The van der Waals surface area contributed by atoms with Gasteiger partial charge in [-0.25, -0.2) is 13.6 Å². The topological polar surface area (TPSA) is 113 Å². The summed E-state index contributed by atoms with van der Waals surface area (Å²) in [7, 11) is -2.19. The average molecular weight is 480 g/mol. The summed E-state index contributed by atoms with van der Waals surface area (Å²) in [4.78, 5) is 16.1. The third-order valence-electron chi connectivity index (χ3n) is 5.49. The maximum Gasteiger partial charge on any atom is 0.238 e. The molecular weight excluding hydrogens is 458 g/mol. The van der Waals surface area contributed by atoms with Crippen molar-refractivity contribution in [3.8, 4) is 11.8 Å². The van der Waals surface area contributed by atoms with Crippen molar-refractivity contribution in [2.45, 2.75) is 27.0 Å². The Morgan fingerprint density at radius 1 is 1.09 bits per heavy atom. The van der Waals surface area contributed by atoms with E-state index in [9.17, 15) is 18.5 Å². The number of primary sulfonamides is 1. The van der Waals surface area contributed by atoms with Gasteiger partial charge in [-0.2, -0.15) is 5.26 Å². The lowest BCUT2D eigenvalue weighted by Crippen LogP contribution is -2.24. The van der Waals surface area contributed by atoms with Crippen LogP contribution in [0.15, 0.2) is 81.4 Å². The molecule has 1 atom stereocenters. The number of benzene rings is 3. The van der Waals surface area contributed by atoms with Crippen molar-refractivity contribution in [2.75, 3.05) is 18.6 Å². The predicted octanol–water partition coefficient (Wildman–Crippen LogP) is 3.89. The minimum Gasteiger partial charge on any atom is -0.496 e. The molecule has 0 spiro atoms. The highest BCUT2D eigenvalue weighted by atomic mass is 32.2. The molecule has 1 aliphatic rings. The number of amides is 1. The Morgan fingerprint density at radius 2 is 1.82 bits per heavy atom. The third-order valence-corrected chi connectivity index (χ3v) is 7.53. The second-order valence-electron chi connectivity index (χ2n) is 7.56. The average Bonchev–Trinajstić information content (AvgIpc) is 3.20. The van der Waals surface area contributed by atoms with E-state index in [0.29, 0.717) is 24.2 Å². The van der Waals surface area contributed by atoms with Gasteiger partial charge in [0.25, 0.3) is 0 Å². The maximum absolute atomic E-state index is 12.7. The number of sulfonamides is 1. The van der Waals surface area contributed by atoms with Gasteiger partial charge in [-0.3, -0.25) is 4.79 Å². The molecule has 1 heterocycles. The van der Waals surface area contributed by atoms with Gasteiger partial charge >= 0.3 is 0 Å². The second-order valence-corrected chi connectivity index (χ2v) is 10.2. The zero-order valence-corrected chi connectivity index (χ0v) is 19.4. The quantitative estimate of drug-likeness (QED) is 0.574. The number of nitrogens with two attached hydrogens (primary N) is 1. The van der Waals surface area contributed by atoms with E-state index in [-0.39, 0.29) is 16.7 Å². The van der Waals surface area contributed by atoms with Gasteiger partial charge in [0.15, 0.2) is 0 Å². The van der Waals surface area contributed by atoms with Crippen LogP contribution in [0.4, 0.5) is 5.69 Å². The summed E-state index contributed by atoms with van der Waals surface area (Å²) < 4.78 is 28.4. The summed E-state index contributed by atoms with van der Waals surface area (Å²) in [6, 6.07) is 21.4. The van der Waals surface area contributed by atoms with Crippen molar-refractivity contribution in [1.82, 2.24) is 0 Å². The van der Waals surface area contributed by atoms with Crippen LogP contribution in [0.5, 0.6) is 5.75 Å². The molecular formula is C24H21N3O4S2. The van der Waals surface area contributed by atoms with E-state index < -0.39 is 10.0 Å². The smallest absolute Gasteiger partial charge is 0.238 e. The lowest BCUT2D eigenvalue weighted by Gasteiger charge is -2.18. The van der Waals surface area contributed by atoms with Crippen LogP contribution in [0.25, 0.3) is 0 Å². The molecule has 0 saturated carbocycles. The predicted molar refractivity (Wildman–Crippen MR) is 126 cm³/mol. The molecule has 2 N–H and O–H groups in total. The number of nitrogens with zero attached hydrogens (tertiary/aromatic N) is 2. The Labute approximate surface area is 196 Å². The summed E-state index contributed by atoms with van der Waals surface area (Å²) in [5.41, 5.74) is 2.13. The first-order chi connectivity index (χ1) is 15.8. The van der Waals surface area contributed by atoms with E-state index in [2.05, 4.69) is 6.07 Å². The Kier molecular flexibility index (Phi) is 6.42. The van der Waals surface area contributed by atoms with Crippen molar-refractivity contribution in [3.05, 3.63) is 77.9 Å². The number of ether oxygens (including phenoxy) is 1. The lowest BCUT2D eigenvalue weighted by atomic mass is 9.97. The zero-order valence-electron chi connectivity index (χ0n) is 17.8. The van der Waals surface area contributed by atoms with Crippen LogP contribution in [-0.4, -0.2) is 28.0 Å². The molecule has 7 nitrogen and oxygen atoms in total. The first-order valence-corrected chi connectivity index (χ1v) is 12.4. The molecule has 0 aliphatic carbocycles. The zero-order chi connectivity index (χ0) is 23.6. The molecule has 3 aromatic carbocycles. The Hall–Kier alpha value is -3.32. The largest absolute Gasteiger partial charge is 0.496 e. The number of methoxy groups -OCH3 is 1. The fourth-order valence-electron chi connectivity index (χ4n) is 3.79. The molecule has 168 valence electrons. The summed E-state index contributed by atoms with van der Waals surface area (Å²) >= 11 is 1.45. The van der Waals surface area contributed by atoms with E-state index in [0.717, 1.165) is 21.1 Å². The molecule has 1 saturated heterocycles.